The molecular weight excluding hydrogens is 356 g/mol. The van der Waals surface area contributed by atoms with Crippen molar-refractivity contribution in [1.82, 2.24) is 14.9 Å². The highest BCUT2D eigenvalue weighted by Gasteiger charge is 2.21. The number of rotatable bonds is 10. The Labute approximate surface area is 154 Å². The third kappa shape index (κ3) is 6.08. The highest BCUT2D eigenvalue weighted by Crippen LogP contribution is 2.25. The van der Waals surface area contributed by atoms with E-state index in [0.717, 1.165) is 6.07 Å². The van der Waals surface area contributed by atoms with Gasteiger partial charge in [-0.3, -0.25) is 19.7 Å². The molecule has 0 bridgehead atoms. The van der Waals surface area contributed by atoms with Crippen molar-refractivity contribution in [3.05, 3.63) is 47.0 Å². The fraction of sp³-hybridized carbons (Fsp3) is 0.312. The Morgan fingerprint density at radius 1 is 1.41 bits per heavy atom. The van der Waals surface area contributed by atoms with Crippen LogP contribution in [0, 0.1) is 10.1 Å². The number of carboxylic acids is 1. The van der Waals surface area contributed by atoms with E-state index in [4.69, 9.17) is 5.73 Å². The minimum absolute atomic E-state index is 0.0269. The van der Waals surface area contributed by atoms with Crippen LogP contribution in [0.4, 0.5) is 17.1 Å². The lowest BCUT2D eigenvalue weighted by Crippen LogP contribution is -2.40. The van der Waals surface area contributed by atoms with Crippen LogP contribution in [0.15, 0.2) is 36.9 Å². The number of imidazole rings is 1. The second-order valence-corrected chi connectivity index (χ2v) is 5.78. The number of anilines is 2. The third-order valence-corrected chi connectivity index (χ3v) is 3.74. The number of nitrogens with zero attached hydrogens (tertiary/aromatic N) is 3. The van der Waals surface area contributed by atoms with Crippen molar-refractivity contribution in [2.24, 2.45) is 0 Å². The number of carbonyl (C=O) groups excluding carboxylic acids is 1. The lowest BCUT2D eigenvalue weighted by Gasteiger charge is -2.14. The number of nitrogens with one attached hydrogen (secondary N) is 2. The van der Waals surface area contributed by atoms with Crippen molar-refractivity contribution in [3.63, 3.8) is 0 Å². The molecule has 1 aromatic carbocycles. The zero-order chi connectivity index (χ0) is 19.8. The number of amides is 1. The number of benzene rings is 1. The van der Waals surface area contributed by atoms with Crippen LogP contribution in [0.2, 0.25) is 0 Å². The molecule has 2 rings (SSSR count). The predicted molar refractivity (Wildman–Crippen MR) is 97.0 cm³/mol. The zero-order valence-electron chi connectivity index (χ0n) is 14.4. The second kappa shape index (κ2) is 9.29. The van der Waals surface area contributed by atoms with Gasteiger partial charge in [0.05, 0.1) is 17.7 Å². The zero-order valence-corrected chi connectivity index (χ0v) is 14.4. The highest BCUT2D eigenvalue weighted by atomic mass is 16.6. The van der Waals surface area contributed by atoms with Crippen molar-refractivity contribution in [1.29, 1.82) is 0 Å². The summed E-state index contributed by atoms with van der Waals surface area (Å²) in [6, 6.07) is 2.77. The molecule has 0 fully saturated rings. The van der Waals surface area contributed by atoms with Crippen LogP contribution in [0.5, 0.6) is 0 Å². The van der Waals surface area contributed by atoms with Gasteiger partial charge in [-0.05, 0) is 25.1 Å². The van der Waals surface area contributed by atoms with Gasteiger partial charge in [0.15, 0.2) is 0 Å². The van der Waals surface area contributed by atoms with Gasteiger partial charge in [0.2, 0.25) is 5.91 Å². The molecule has 2 aromatic rings. The van der Waals surface area contributed by atoms with E-state index in [2.05, 4.69) is 15.6 Å². The Morgan fingerprint density at radius 3 is 2.81 bits per heavy atom. The first-order valence-corrected chi connectivity index (χ1v) is 8.12. The van der Waals surface area contributed by atoms with E-state index in [1.165, 1.54) is 12.1 Å². The van der Waals surface area contributed by atoms with Crippen LogP contribution in [0.25, 0.3) is 0 Å². The van der Waals surface area contributed by atoms with Gasteiger partial charge in [-0.25, -0.2) is 4.98 Å². The van der Waals surface area contributed by atoms with Gasteiger partial charge >= 0.3 is 5.97 Å². The normalized spacial score (nSPS) is 11.7. The molecule has 11 nitrogen and oxygen atoms in total. The van der Waals surface area contributed by atoms with E-state index in [1.54, 1.807) is 18.7 Å². The number of nitrogen functional groups attached to an aromatic ring is 1. The quantitative estimate of drug-likeness (QED) is 0.205. The van der Waals surface area contributed by atoms with Crippen LogP contribution >= 0.6 is 0 Å². The van der Waals surface area contributed by atoms with Gasteiger partial charge in [-0.1, -0.05) is 0 Å². The summed E-state index contributed by atoms with van der Waals surface area (Å²) in [5.74, 6) is -1.74. The maximum absolute atomic E-state index is 12.1. The Hall–Kier alpha value is -3.47. The maximum Gasteiger partial charge on any atom is 0.321 e. The topological polar surface area (TPSA) is 165 Å². The van der Waals surface area contributed by atoms with Crippen LogP contribution in [-0.4, -0.2) is 44.0 Å². The van der Waals surface area contributed by atoms with Gasteiger partial charge in [-0.15, -0.1) is 0 Å². The number of nitro groups is 1. The molecule has 144 valence electrons. The van der Waals surface area contributed by atoms with E-state index in [9.17, 15) is 24.8 Å². The second-order valence-electron chi connectivity index (χ2n) is 5.78. The summed E-state index contributed by atoms with van der Waals surface area (Å²) >= 11 is 0. The van der Waals surface area contributed by atoms with Gasteiger partial charge in [-0.2, -0.15) is 0 Å². The molecule has 0 aliphatic heterocycles. The largest absolute Gasteiger partial charge is 0.480 e. The van der Waals surface area contributed by atoms with Crippen LogP contribution in [0.1, 0.15) is 12.8 Å². The van der Waals surface area contributed by atoms with Crippen molar-refractivity contribution in [2.45, 2.75) is 25.4 Å². The van der Waals surface area contributed by atoms with Crippen molar-refractivity contribution < 1.29 is 19.6 Å². The summed E-state index contributed by atoms with van der Waals surface area (Å²) in [7, 11) is 0. The Balaban J connectivity index is 1.86. The first kappa shape index (κ1) is 19.8. The molecule has 1 amide bonds. The van der Waals surface area contributed by atoms with E-state index in [-0.39, 0.29) is 23.5 Å². The fourth-order valence-corrected chi connectivity index (χ4v) is 2.38. The summed E-state index contributed by atoms with van der Waals surface area (Å²) in [6.07, 6.45) is 5.45. The number of nitro benzene ring substituents is 1. The monoisotopic (exact) mass is 376 g/mol. The number of hydrogen-bond donors (Lipinski definition) is 4. The van der Waals surface area contributed by atoms with Crippen LogP contribution < -0.4 is 16.4 Å². The number of aryl methyl sites for hydroxylation is 1. The van der Waals surface area contributed by atoms with Gasteiger partial charge < -0.3 is 26.0 Å². The van der Waals surface area contributed by atoms with E-state index in [1.807, 2.05) is 4.57 Å². The minimum Gasteiger partial charge on any atom is -0.480 e. The third-order valence-electron chi connectivity index (χ3n) is 3.74. The average Bonchev–Trinajstić information content (AvgIpc) is 3.12. The van der Waals surface area contributed by atoms with Crippen molar-refractivity contribution in [2.75, 3.05) is 17.6 Å². The van der Waals surface area contributed by atoms with Gasteiger partial charge in [0, 0.05) is 30.7 Å². The Morgan fingerprint density at radius 2 is 2.19 bits per heavy atom. The Kier molecular flexibility index (Phi) is 6.83. The minimum atomic E-state index is -1.16. The summed E-state index contributed by atoms with van der Waals surface area (Å²) in [6.45, 7) is 1.07. The molecule has 0 spiro atoms. The van der Waals surface area contributed by atoms with Crippen LogP contribution in [0.3, 0.4) is 0 Å². The molecule has 0 saturated carbocycles. The summed E-state index contributed by atoms with van der Waals surface area (Å²) in [5, 5.41) is 25.4. The number of aromatic nitrogens is 2. The molecular formula is C16H20N6O5. The molecule has 0 radical (unpaired) electrons. The first-order chi connectivity index (χ1) is 12.9. The lowest BCUT2D eigenvalue weighted by atomic mass is 10.2. The molecule has 5 N–H and O–H groups in total. The number of carbonyl (C=O) groups is 2. The molecule has 1 atom stereocenters. The average molecular weight is 376 g/mol. The highest BCUT2D eigenvalue weighted by molar-refractivity contribution is 5.94. The molecule has 27 heavy (non-hydrogen) atoms. The molecule has 0 aliphatic rings. The number of hydrogen-bond acceptors (Lipinski definition) is 7. The maximum atomic E-state index is 12.1. The van der Waals surface area contributed by atoms with Crippen LogP contribution in [-0.2, 0) is 16.1 Å². The first-order valence-electron chi connectivity index (χ1n) is 8.12. The molecule has 1 aromatic heterocycles. The molecule has 0 saturated heterocycles. The molecule has 11 heteroatoms. The van der Waals surface area contributed by atoms with E-state index >= 15 is 0 Å². The lowest BCUT2D eigenvalue weighted by molar-refractivity contribution is -0.383. The fourth-order valence-electron chi connectivity index (χ4n) is 2.38. The molecule has 1 unspecified atom stereocenters. The molecule has 0 aliphatic carbocycles. The molecule has 1 heterocycles. The summed E-state index contributed by atoms with van der Waals surface area (Å²) < 4.78 is 1.86. The summed E-state index contributed by atoms with van der Waals surface area (Å²) in [4.78, 5) is 37.5. The summed E-state index contributed by atoms with van der Waals surface area (Å²) in [5.41, 5.74) is 5.31. The van der Waals surface area contributed by atoms with Gasteiger partial charge in [0.25, 0.3) is 5.69 Å². The van der Waals surface area contributed by atoms with Gasteiger partial charge in [0.1, 0.15) is 11.7 Å². The number of aliphatic carboxylic acids is 1. The number of nitrogens with two attached hydrogens (primary N) is 1. The Bertz CT molecular complexity index is 808. The van der Waals surface area contributed by atoms with Crippen molar-refractivity contribution in [3.8, 4) is 0 Å². The number of carboxylic acid groups (broad SMARTS) is 1. The standard InChI is InChI=1S/C16H20N6O5/c17-12-3-2-11(8-14(12)22(26)27)20-15(23)9-13(16(24)25)19-4-1-6-21-7-5-18-10-21/h2-3,5,7-8,10,13,19H,1,4,6,9,17H2,(H,20,23)(H,24,25). The smallest absolute Gasteiger partial charge is 0.321 e. The van der Waals surface area contributed by atoms with E-state index < -0.39 is 22.8 Å². The van der Waals surface area contributed by atoms with Crippen molar-refractivity contribution >= 4 is 28.9 Å². The predicted octanol–water partition coefficient (Wildman–Crippen LogP) is 0.835. The SMILES string of the molecule is Nc1ccc(NC(=O)CC(NCCCn2ccnc2)C(=O)O)cc1[N+](=O)[O-]. The van der Waals surface area contributed by atoms with E-state index in [0.29, 0.717) is 19.5 Å².